The first kappa shape index (κ1) is 21.7. The Bertz CT molecular complexity index is 1180. The molecule has 0 saturated heterocycles. The van der Waals surface area contributed by atoms with E-state index in [0.29, 0.717) is 37.2 Å². The monoisotopic (exact) mass is 436 g/mol. The molecule has 32 heavy (non-hydrogen) atoms. The van der Waals surface area contributed by atoms with Crippen LogP contribution in [0.3, 0.4) is 0 Å². The van der Waals surface area contributed by atoms with Crippen LogP contribution in [-0.2, 0) is 19.5 Å². The third-order valence-corrected chi connectivity index (χ3v) is 5.97. The normalized spacial score (nSPS) is 15.5. The van der Waals surface area contributed by atoms with Crippen molar-refractivity contribution in [1.82, 2.24) is 19.7 Å². The fraction of sp³-hybridized carbons (Fsp3) is 0.375. The minimum Gasteiger partial charge on any atom is -0.497 e. The van der Waals surface area contributed by atoms with Gasteiger partial charge in [-0.1, -0.05) is 18.2 Å². The lowest BCUT2D eigenvalue weighted by Gasteiger charge is -2.17. The molecule has 0 aliphatic carbocycles. The van der Waals surface area contributed by atoms with Crippen LogP contribution in [0.2, 0.25) is 0 Å². The third kappa shape index (κ3) is 4.39. The second kappa shape index (κ2) is 9.30. The van der Waals surface area contributed by atoms with Gasteiger partial charge in [0, 0.05) is 30.1 Å². The van der Waals surface area contributed by atoms with Gasteiger partial charge < -0.3 is 14.8 Å². The van der Waals surface area contributed by atoms with Crippen LogP contribution in [0.4, 0.5) is 0 Å². The Hall–Kier alpha value is -3.55. The number of carbonyl (C=O) groups excluding carboxylic acids is 1. The zero-order valence-corrected chi connectivity index (χ0v) is 18.6. The maximum Gasteiger partial charge on any atom is 0.346 e. The second-order valence-corrected chi connectivity index (χ2v) is 7.99. The highest BCUT2D eigenvalue weighted by Crippen LogP contribution is 2.21. The summed E-state index contributed by atoms with van der Waals surface area (Å²) in [5.74, 6) is 2.07. The third-order valence-electron chi connectivity index (χ3n) is 5.97. The molecule has 8 nitrogen and oxygen atoms in total. The van der Waals surface area contributed by atoms with Crippen molar-refractivity contribution in [2.75, 3.05) is 14.2 Å². The fourth-order valence-corrected chi connectivity index (χ4v) is 4.16. The fourth-order valence-electron chi connectivity index (χ4n) is 4.16. The van der Waals surface area contributed by atoms with Gasteiger partial charge in [-0.25, -0.2) is 9.48 Å². The molecule has 4 rings (SSSR count). The number of amides is 1. The minimum atomic E-state index is -0.126. The molecule has 1 aliphatic rings. The maximum atomic E-state index is 12.9. The summed E-state index contributed by atoms with van der Waals surface area (Å²) in [6.07, 6.45) is 2.03. The summed E-state index contributed by atoms with van der Waals surface area (Å²) in [4.78, 5) is 25.8. The number of aryl methyl sites for hydroxylation is 1. The molecular formula is C24H28N4O4. The molecule has 3 aromatic rings. The number of carbonyl (C=O) groups is 1. The first-order valence-corrected chi connectivity index (χ1v) is 10.7. The highest BCUT2D eigenvalue weighted by atomic mass is 16.5. The van der Waals surface area contributed by atoms with Crippen molar-refractivity contribution in [2.24, 2.45) is 0 Å². The Labute approximate surface area is 186 Å². The van der Waals surface area contributed by atoms with Crippen molar-refractivity contribution < 1.29 is 14.3 Å². The molecule has 2 heterocycles. The number of fused-ring (bicyclic) bond motifs is 1. The van der Waals surface area contributed by atoms with Crippen molar-refractivity contribution in [3.63, 3.8) is 0 Å². The molecule has 1 amide bonds. The number of methoxy groups -OCH3 is 2. The maximum absolute atomic E-state index is 12.9. The Morgan fingerprint density at radius 3 is 2.75 bits per heavy atom. The molecule has 0 spiro atoms. The summed E-state index contributed by atoms with van der Waals surface area (Å²) in [7, 11) is 3.22. The summed E-state index contributed by atoms with van der Waals surface area (Å²) < 4.78 is 13.8. The van der Waals surface area contributed by atoms with Crippen LogP contribution >= 0.6 is 0 Å². The predicted molar refractivity (Wildman–Crippen MR) is 121 cm³/mol. The molecule has 0 saturated carbocycles. The minimum absolute atomic E-state index is 0.0268. The molecule has 168 valence electrons. The highest BCUT2D eigenvalue weighted by molar-refractivity contribution is 5.96. The summed E-state index contributed by atoms with van der Waals surface area (Å²) >= 11 is 0. The lowest BCUT2D eigenvalue weighted by molar-refractivity contribution is 0.0932. The Kier molecular flexibility index (Phi) is 6.30. The predicted octanol–water partition coefficient (Wildman–Crippen LogP) is 2.55. The molecule has 0 radical (unpaired) electrons. The molecule has 2 aromatic carbocycles. The molecule has 0 bridgehead atoms. The molecule has 1 N–H and O–H groups in total. The van der Waals surface area contributed by atoms with Crippen LogP contribution in [0, 0.1) is 6.92 Å². The second-order valence-electron chi connectivity index (χ2n) is 7.99. The average Bonchev–Trinajstić information content (AvgIpc) is 2.96. The SMILES string of the molecule is COc1cccc(Cn2nc3n(c2=O)CCC(NC(=O)c2cccc(OC)c2C)CC3)c1. The van der Waals surface area contributed by atoms with Gasteiger partial charge in [0.05, 0.1) is 20.8 Å². The van der Waals surface area contributed by atoms with Gasteiger partial charge in [-0.2, -0.15) is 5.10 Å². The molecule has 1 aliphatic heterocycles. The van der Waals surface area contributed by atoms with Gasteiger partial charge >= 0.3 is 5.69 Å². The van der Waals surface area contributed by atoms with E-state index < -0.39 is 0 Å². The molecule has 1 aromatic heterocycles. The number of hydrogen-bond donors (Lipinski definition) is 1. The van der Waals surface area contributed by atoms with Crippen molar-refractivity contribution in [1.29, 1.82) is 0 Å². The lowest BCUT2D eigenvalue weighted by Crippen LogP contribution is -2.36. The van der Waals surface area contributed by atoms with E-state index in [2.05, 4.69) is 10.4 Å². The van der Waals surface area contributed by atoms with E-state index in [1.54, 1.807) is 24.9 Å². The van der Waals surface area contributed by atoms with E-state index in [0.717, 1.165) is 29.1 Å². The van der Waals surface area contributed by atoms with Gasteiger partial charge in [0.1, 0.15) is 17.3 Å². The van der Waals surface area contributed by atoms with Crippen molar-refractivity contribution >= 4 is 5.91 Å². The first-order chi connectivity index (χ1) is 15.5. The Morgan fingerprint density at radius 1 is 1.16 bits per heavy atom. The highest BCUT2D eigenvalue weighted by Gasteiger charge is 2.23. The summed E-state index contributed by atoms with van der Waals surface area (Å²) in [6, 6.07) is 13.1. The van der Waals surface area contributed by atoms with E-state index in [1.165, 1.54) is 4.68 Å². The molecule has 1 unspecified atom stereocenters. The molecular weight excluding hydrogens is 408 g/mol. The van der Waals surface area contributed by atoms with Crippen LogP contribution in [0.1, 0.15) is 40.2 Å². The van der Waals surface area contributed by atoms with Crippen molar-refractivity contribution in [3.05, 3.63) is 75.5 Å². The molecule has 0 fully saturated rings. The van der Waals surface area contributed by atoms with E-state index in [9.17, 15) is 9.59 Å². The Balaban J connectivity index is 1.44. The largest absolute Gasteiger partial charge is 0.497 e. The first-order valence-electron chi connectivity index (χ1n) is 10.7. The average molecular weight is 437 g/mol. The van der Waals surface area contributed by atoms with Crippen LogP contribution in [0.15, 0.2) is 47.3 Å². The summed E-state index contributed by atoms with van der Waals surface area (Å²) in [5.41, 5.74) is 2.25. The number of benzene rings is 2. The standard InChI is InChI=1S/C24H28N4O4/c1-16-20(8-5-9-21(16)32-3)23(29)25-18-10-11-22-26-28(24(30)27(22)13-12-18)15-17-6-4-7-19(14-17)31-2/h4-9,14,18H,10-13,15H2,1-3H3,(H,25,29). The van der Waals surface area contributed by atoms with Gasteiger partial charge in [0.2, 0.25) is 0 Å². The topological polar surface area (TPSA) is 87.4 Å². The smallest absolute Gasteiger partial charge is 0.346 e. The number of aromatic nitrogens is 3. The van der Waals surface area contributed by atoms with E-state index in [1.807, 2.05) is 43.3 Å². The Morgan fingerprint density at radius 2 is 1.97 bits per heavy atom. The van der Waals surface area contributed by atoms with Gasteiger partial charge in [-0.3, -0.25) is 9.36 Å². The van der Waals surface area contributed by atoms with Gasteiger partial charge in [0.15, 0.2) is 0 Å². The number of hydrogen-bond acceptors (Lipinski definition) is 5. The number of ether oxygens (including phenoxy) is 2. The lowest BCUT2D eigenvalue weighted by atomic mass is 10.0. The quantitative estimate of drug-likeness (QED) is 0.642. The van der Waals surface area contributed by atoms with E-state index in [-0.39, 0.29) is 17.6 Å². The van der Waals surface area contributed by atoms with E-state index >= 15 is 0 Å². The summed E-state index contributed by atoms with van der Waals surface area (Å²) in [5, 5.41) is 7.69. The van der Waals surface area contributed by atoms with Gasteiger partial charge in [-0.05, 0) is 49.6 Å². The van der Waals surface area contributed by atoms with Crippen LogP contribution < -0.4 is 20.5 Å². The zero-order chi connectivity index (χ0) is 22.7. The van der Waals surface area contributed by atoms with Crippen LogP contribution in [0.5, 0.6) is 11.5 Å². The molecule has 1 atom stereocenters. The van der Waals surface area contributed by atoms with Crippen LogP contribution in [-0.4, -0.2) is 40.5 Å². The number of nitrogens with one attached hydrogen (secondary N) is 1. The number of rotatable bonds is 6. The van der Waals surface area contributed by atoms with E-state index in [4.69, 9.17) is 9.47 Å². The van der Waals surface area contributed by atoms with Crippen molar-refractivity contribution in [3.8, 4) is 11.5 Å². The van der Waals surface area contributed by atoms with Gasteiger partial charge in [-0.15, -0.1) is 0 Å². The molecule has 8 heteroatoms. The number of nitrogens with zero attached hydrogens (tertiary/aromatic N) is 3. The zero-order valence-electron chi connectivity index (χ0n) is 18.6. The van der Waals surface area contributed by atoms with Crippen molar-refractivity contribution in [2.45, 2.75) is 45.3 Å². The van der Waals surface area contributed by atoms with Gasteiger partial charge in [0.25, 0.3) is 5.91 Å². The summed E-state index contributed by atoms with van der Waals surface area (Å²) in [6.45, 7) is 2.79. The van der Waals surface area contributed by atoms with Crippen LogP contribution in [0.25, 0.3) is 0 Å².